The quantitative estimate of drug-likeness (QED) is 0.0314. The molecule has 2 atom stereocenters. The zero-order valence-electron chi connectivity index (χ0n) is 50.5. The minimum absolute atomic E-state index is 0.0210. The number of benzene rings is 2. The summed E-state index contributed by atoms with van der Waals surface area (Å²) in [6.45, 7) is 15.0. The SMILES string of the molecule is CC(C)c1cnn2c(NCc3cccc(CC(=O)C4CCN4)c3)nc(NC3CCOCC3)nc12.CC(C)c1cnn2c(NCc3cccc(CC(=O)C4CCN4C/C=C/C(=O)N(C)C)c3)nc(NC3CCOCC3)nc12.CN(C)C(=O)/C=C/CBr. The molecule has 0 aliphatic carbocycles. The Morgan fingerprint density at radius 1 is 0.647 bits per heavy atom. The highest BCUT2D eigenvalue weighted by atomic mass is 79.9. The third-order valence-electron chi connectivity index (χ3n) is 15.3. The molecule has 456 valence electrons. The molecular formula is C62H85BrN16O6. The molecule has 10 rings (SSSR count). The van der Waals surface area contributed by atoms with E-state index in [1.807, 2.05) is 48.8 Å². The Morgan fingerprint density at radius 3 is 1.52 bits per heavy atom. The molecule has 6 aromatic rings. The molecule has 4 fully saturated rings. The Morgan fingerprint density at radius 2 is 1.11 bits per heavy atom. The predicted octanol–water partition coefficient (Wildman–Crippen LogP) is 7.23. The van der Waals surface area contributed by atoms with Crippen LogP contribution in [0.15, 0.2) is 85.2 Å². The maximum atomic E-state index is 13.1. The van der Waals surface area contributed by atoms with E-state index in [-0.39, 0.29) is 47.4 Å². The highest BCUT2D eigenvalue weighted by Gasteiger charge is 2.33. The molecular weight excluding hydrogens is 1140 g/mol. The largest absolute Gasteiger partial charge is 0.381 e. The number of nitrogens with zero attached hydrogens (tertiary/aromatic N) is 11. The molecule has 4 aromatic heterocycles. The van der Waals surface area contributed by atoms with E-state index in [2.05, 4.69) is 104 Å². The van der Waals surface area contributed by atoms with Crippen LogP contribution in [0.25, 0.3) is 11.3 Å². The van der Waals surface area contributed by atoms with Crippen LogP contribution in [0.3, 0.4) is 0 Å². The number of likely N-dealkylation sites (tertiary alicyclic amines) is 1. The second-order valence-electron chi connectivity index (χ2n) is 22.9. The van der Waals surface area contributed by atoms with Gasteiger partial charge < -0.3 is 45.9 Å². The summed E-state index contributed by atoms with van der Waals surface area (Å²) in [5, 5.41) is 27.0. The second kappa shape index (κ2) is 31.3. The first-order valence-electron chi connectivity index (χ1n) is 29.7. The fourth-order valence-corrected chi connectivity index (χ4v) is 10.2. The van der Waals surface area contributed by atoms with Gasteiger partial charge in [0.05, 0.1) is 24.5 Å². The number of halogens is 1. The number of ether oxygens (including phenoxy) is 2. The Balaban J connectivity index is 0.000000196. The summed E-state index contributed by atoms with van der Waals surface area (Å²) < 4.78 is 14.5. The number of nitrogens with one attached hydrogen (secondary N) is 5. The lowest BCUT2D eigenvalue weighted by atomic mass is 9.93. The Kier molecular flexibility index (Phi) is 23.5. The number of allylic oxidation sites excluding steroid dienone is 1. The molecule has 4 saturated heterocycles. The summed E-state index contributed by atoms with van der Waals surface area (Å²) in [6, 6.07) is 16.8. The van der Waals surface area contributed by atoms with Gasteiger partial charge in [-0.25, -0.2) is 0 Å². The molecule has 0 saturated carbocycles. The number of alkyl halides is 1. The van der Waals surface area contributed by atoms with Crippen molar-refractivity contribution in [3.63, 3.8) is 0 Å². The van der Waals surface area contributed by atoms with E-state index >= 15 is 0 Å². The minimum atomic E-state index is -0.100. The van der Waals surface area contributed by atoms with Crippen molar-refractivity contribution < 1.29 is 28.7 Å². The third-order valence-corrected chi connectivity index (χ3v) is 15.7. The van der Waals surface area contributed by atoms with Gasteiger partial charge in [0.1, 0.15) is 0 Å². The predicted molar refractivity (Wildman–Crippen MR) is 335 cm³/mol. The van der Waals surface area contributed by atoms with Crippen molar-refractivity contribution in [1.29, 1.82) is 0 Å². The van der Waals surface area contributed by atoms with Crippen molar-refractivity contribution in [3.05, 3.63) is 119 Å². The number of amides is 2. The zero-order valence-corrected chi connectivity index (χ0v) is 52.1. The van der Waals surface area contributed by atoms with Gasteiger partial charge in [0.2, 0.25) is 35.6 Å². The number of fused-ring (bicyclic) bond motifs is 2. The van der Waals surface area contributed by atoms with Crippen LogP contribution < -0.4 is 26.6 Å². The first-order valence-corrected chi connectivity index (χ1v) is 30.8. The van der Waals surface area contributed by atoms with E-state index in [1.54, 1.807) is 49.4 Å². The smallest absolute Gasteiger partial charge is 0.245 e. The molecule has 85 heavy (non-hydrogen) atoms. The standard InChI is InChI=1S/C31H42N8O3.C25H33N7O2.C6H10BrNO/c1-21(2)25-20-33-39-29(25)35-30(34-24-11-15-42-16-12-24)36-31(39)32-19-23-8-5-7-22(17-23)18-27(40)26-10-14-38(26)13-6-9-28(41)37(3)4;1-16(2)20-15-28-32-23(20)30-24(29-19-7-10-34-11-8-19)31-25(32)27-14-18-5-3-4-17(12-18)13-22(33)21-6-9-26-21;1-8(2)6(9)4-3-5-7/h5-9,17,20-21,24,26H,10-16,18-19H2,1-4H3,(H2,32,34,35,36);3-5,12,15-16,19,21,26H,6-11,13-14H2,1-2H3,(H2,27,29,30,31);3-4H,5H2,1-2H3/b9-6+;;4-3+. The Labute approximate surface area is 507 Å². The fourth-order valence-electron chi connectivity index (χ4n) is 10.0. The van der Waals surface area contributed by atoms with Crippen LogP contribution in [-0.4, -0.2) is 181 Å². The molecule has 2 aromatic carbocycles. The van der Waals surface area contributed by atoms with Gasteiger partial charge >= 0.3 is 0 Å². The van der Waals surface area contributed by atoms with Crippen LogP contribution in [0.2, 0.25) is 0 Å². The number of likely N-dealkylation sites (N-methyl/N-ethyl adjacent to an activating group) is 2. The zero-order chi connectivity index (χ0) is 60.4. The molecule has 2 unspecified atom stereocenters. The molecule has 4 aliphatic rings. The lowest BCUT2D eigenvalue weighted by Crippen LogP contribution is -2.52. The monoisotopic (exact) mass is 1230 g/mol. The van der Waals surface area contributed by atoms with Gasteiger partial charge in [0.15, 0.2) is 22.9 Å². The van der Waals surface area contributed by atoms with Crippen molar-refractivity contribution >= 4 is 74.4 Å². The van der Waals surface area contributed by atoms with E-state index < -0.39 is 0 Å². The normalized spacial score (nSPS) is 17.4. The summed E-state index contributed by atoms with van der Waals surface area (Å²) in [4.78, 5) is 72.3. The molecule has 0 spiro atoms. The van der Waals surface area contributed by atoms with Crippen molar-refractivity contribution in [1.82, 2.24) is 59.2 Å². The first kappa shape index (κ1) is 63.8. The summed E-state index contributed by atoms with van der Waals surface area (Å²) in [7, 11) is 6.90. The van der Waals surface area contributed by atoms with E-state index in [9.17, 15) is 19.2 Å². The molecule has 22 nitrogen and oxygen atoms in total. The van der Waals surface area contributed by atoms with Crippen LogP contribution in [0, 0.1) is 0 Å². The number of rotatable bonds is 23. The van der Waals surface area contributed by atoms with E-state index in [0.29, 0.717) is 68.2 Å². The lowest BCUT2D eigenvalue weighted by molar-refractivity contribution is -0.127. The van der Waals surface area contributed by atoms with Crippen LogP contribution >= 0.6 is 15.9 Å². The number of hydrogen-bond donors (Lipinski definition) is 5. The van der Waals surface area contributed by atoms with Gasteiger partial charge in [-0.15, -0.1) is 0 Å². The van der Waals surface area contributed by atoms with Gasteiger partial charge in [-0.1, -0.05) is 104 Å². The van der Waals surface area contributed by atoms with Crippen molar-refractivity contribution in [3.8, 4) is 0 Å². The number of carbonyl (C=O) groups excluding carboxylic acids is 4. The summed E-state index contributed by atoms with van der Waals surface area (Å²) in [6.07, 6.45) is 16.8. The molecule has 0 radical (unpaired) electrons. The maximum absolute atomic E-state index is 13.1. The van der Waals surface area contributed by atoms with Gasteiger partial charge in [-0.2, -0.15) is 39.2 Å². The fraction of sp³-hybridized carbons (Fsp3) is 0.516. The van der Waals surface area contributed by atoms with Crippen LogP contribution in [0.4, 0.5) is 23.8 Å². The summed E-state index contributed by atoms with van der Waals surface area (Å²) in [5.74, 6) is 3.48. The number of carbonyl (C=O) groups is 4. The van der Waals surface area contributed by atoms with Crippen LogP contribution in [0.1, 0.15) is 111 Å². The molecule has 0 bridgehead atoms. The summed E-state index contributed by atoms with van der Waals surface area (Å²) >= 11 is 3.17. The molecule has 4 aliphatic heterocycles. The van der Waals surface area contributed by atoms with Crippen molar-refractivity contribution in [2.75, 3.05) is 101 Å². The van der Waals surface area contributed by atoms with Crippen molar-refractivity contribution in [2.24, 2.45) is 0 Å². The molecule has 2 amide bonds. The van der Waals surface area contributed by atoms with E-state index in [1.165, 1.54) is 15.9 Å². The topological polar surface area (TPSA) is 243 Å². The average molecular weight is 1230 g/mol. The minimum Gasteiger partial charge on any atom is -0.381 e. The second-order valence-corrected chi connectivity index (χ2v) is 23.6. The molecule has 5 N–H and O–H groups in total. The maximum Gasteiger partial charge on any atom is 0.245 e. The van der Waals surface area contributed by atoms with Gasteiger partial charge in [-0.05, 0) is 85.2 Å². The first-order chi connectivity index (χ1) is 41.0. The number of Topliss-reactive ketones (excluding diaryl/α,β-unsaturated/α-hetero) is 2. The number of hydrogen-bond acceptors (Lipinski definition) is 18. The lowest BCUT2D eigenvalue weighted by Gasteiger charge is -2.39. The molecule has 23 heteroatoms. The Hall–Kier alpha value is -7.18. The number of aromatic nitrogens is 8. The van der Waals surface area contributed by atoms with Crippen molar-refractivity contribution in [2.45, 2.75) is 128 Å². The van der Waals surface area contributed by atoms with E-state index in [4.69, 9.17) is 29.4 Å². The highest BCUT2D eigenvalue weighted by Crippen LogP contribution is 2.27. The van der Waals surface area contributed by atoms with E-state index in [0.717, 1.165) is 128 Å². The van der Waals surface area contributed by atoms with Crippen LogP contribution in [0.5, 0.6) is 0 Å². The highest BCUT2D eigenvalue weighted by molar-refractivity contribution is 9.09. The number of ketones is 2. The van der Waals surface area contributed by atoms with Crippen LogP contribution in [-0.2, 0) is 54.6 Å². The van der Waals surface area contributed by atoms with Gasteiger partial charge in [0.25, 0.3) is 0 Å². The summed E-state index contributed by atoms with van der Waals surface area (Å²) in [5.41, 5.74) is 7.93. The Bertz CT molecular complexity index is 3250. The third kappa shape index (κ3) is 18.2. The molecule has 8 heterocycles. The average Bonchev–Trinajstić information content (AvgIpc) is 4.30. The van der Waals surface area contributed by atoms with Gasteiger partial charge in [0, 0.05) is 128 Å². The number of anilines is 4. The van der Waals surface area contributed by atoms with Gasteiger partial charge in [-0.3, -0.25) is 24.1 Å².